The molecule has 0 saturated carbocycles. The van der Waals surface area contributed by atoms with Crippen LogP contribution in [-0.4, -0.2) is 26.1 Å². The third-order valence-electron chi connectivity index (χ3n) is 1.97. The summed E-state index contributed by atoms with van der Waals surface area (Å²) in [6.45, 7) is 0.282. The van der Waals surface area contributed by atoms with Crippen molar-refractivity contribution in [1.82, 2.24) is 5.23 Å². The van der Waals surface area contributed by atoms with Crippen LogP contribution in [0.4, 0.5) is 0 Å². The summed E-state index contributed by atoms with van der Waals surface area (Å²) < 4.78 is 29.4. The molecular formula is C10H11N3O4S. The van der Waals surface area contributed by atoms with Gasteiger partial charge in [-0.05, 0) is 5.56 Å². The molecular weight excluding hydrogens is 258 g/mol. The minimum Gasteiger partial charge on any atom is -0.366 e. The van der Waals surface area contributed by atoms with Gasteiger partial charge in [0.15, 0.2) is 0 Å². The van der Waals surface area contributed by atoms with Crippen LogP contribution in [0.2, 0.25) is 0 Å². The fourth-order valence-electron chi connectivity index (χ4n) is 1.20. The average Bonchev–Trinajstić information content (AvgIpc) is 2.32. The van der Waals surface area contributed by atoms with E-state index in [0.29, 0.717) is 5.23 Å². The lowest BCUT2D eigenvalue weighted by molar-refractivity contribution is -0.269. The zero-order valence-electron chi connectivity index (χ0n) is 9.26. The van der Waals surface area contributed by atoms with Gasteiger partial charge in [-0.15, -0.1) is 0 Å². The number of guanidine groups is 1. The van der Waals surface area contributed by atoms with Gasteiger partial charge in [-0.3, -0.25) is 0 Å². The minimum atomic E-state index is -3.90. The Morgan fingerprint density at radius 2 is 2.00 bits per heavy atom. The Bertz CT molecular complexity index is 556. The lowest BCUT2D eigenvalue weighted by atomic mass is 10.2. The molecule has 1 aliphatic heterocycles. The minimum absolute atomic E-state index is 0.164. The Kier molecular flexibility index (Phi) is 3.60. The van der Waals surface area contributed by atoms with Gasteiger partial charge in [0.25, 0.3) is 0 Å². The van der Waals surface area contributed by atoms with Crippen molar-refractivity contribution >= 4 is 22.4 Å². The van der Waals surface area contributed by atoms with E-state index in [1.165, 1.54) is 0 Å². The van der Waals surface area contributed by atoms with E-state index in [4.69, 9.17) is 5.73 Å². The highest BCUT2D eigenvalue weighted by molar-refractivity contribution is 7.82. The number of benzene rings is 1. The van der Waals surface area contributed by atoms with Crippen molar-refractivity contribution in [1.29, 1.82) is 0 Å². The smallest absolute Gasteiger partial charge is 0.366 e. The molecule has 0 amide bonds. The van der Waals surface area contributed by atoms with Crippen molar-refractivity contribution in [2.24, 2.45) is 10.7 Å². The average molecular weight is 269 g/mol. The molecule has 7 nitrogen and oxygen atoms in total. The third-order valence-corrected chi connectivity index (χ3v) is 2.61. The Morgan fingerprint density at radius 3 is 2.61 bits per heavy atom. The second kappa shape index (κ2) is 5.17. The first-order valence-corrected chi connectivity index (χ1v) is 6.36. The maximum absolute atomic E-state index is 10.5. The quantitative estimate of drug-likeness (QED) is 0.632. The highest BCUT2D eigenvalue weighted by atomic mass is 32.3. The monoisotopic (exact) mass is 269 g/mol. The molecule has 1 heterocycles. The molecule has 8 heteroatoms. The summed E-state index contributed by atoms with van der Waals surface area (Å²) >= 11 is 0. The number of aliphatic imine (C=N–C) groups is 1. The highest BCUT2D eigenvalue weighted by Gasteiger charge is 2.37. The molecule has 0 unspecified atom stereocenters. The van der Waals surface area contributed by atoms with Gasteiger partial charge in [0.05, 0.1) is 6.54 Å². The van der Waals surface area contributed by atoms with Crippen molar-refractivity contribution in [2.45, 2.75) is 0 Å². The standard InChI is InChI=1S/C10H11N3O4S/c11-10(13-16-18(14,15)17-13)12-8-4-7-9-5-2-1-3-6-9/h1-7H,8H2,(H2,11,12)/b7-4-. The highest BCUT2D eigenvalue weighted by Crippen LogP contribution is 2.15. The van der Waals surface area contributed by atoms with Crippen LogP contribution in [0, 0.1) is 0 Å². The fourth-order valence-corrected chi connectivity index (χ4v) is 1.70. The number of hydrogen-bond donors (Lipinski definition) is 1. The number of nitrogens with two attached hydrogens (primary N) is 1. The molecule has 0 atom stereocenters. The van der Waals surface area contributed by atoms with Crippen molar-refractivity contribution in [3.8, 4) is 0 Å². The first kappa shape index (κ1) is 12.6. The Morgan fingerprint density at radius 1 is 1.33 bits per heavy atom. The third kappa shape index (κ3) is 3.29. The van der Waals surface area contributed by atoms with Crippen LogP contribution in [0.25, 0.3) is 6.08 Å². The molecule has 18 heavy (non-hydrogen) atoms. The van der Waals surface area contributed by atoms with E-state index in [2.05, 4.69) is 13.6 Å². The van der Waals surface area contributed by atoms with E-state index in [1.807, 2.05) is 36.4 Å². The molecule has 1 fully saturated rings. The van der Waals surface area contributed by atoms with Gasteiger partial charge in [0.1, 0.15) is 0 Å². The summed E-state index contributed by atoms with van der Waals surface area (Å²) in [4.78, 5) is 3.85. The predicted octanol–water partition coefficient (Wildman–Crippen LogP) is 0.438. The van der Waals surface area contributed by atoms with Gasteiger partial charge in [-0.2, -0.15) is 8.42 Å². The van der Waals surface area contributed by atoms with Gasteiger partial charge >= 0.3 is 10.4 Å². The maximum atomic E-state index is 10.5. The number of hydroxylamine groups is 2. The SMILES string of the molecule is NC(=NC/C=C\c1ccccc1)N1OS(=O)(=O)O1. The van der Waals surface area contributed by atoms with Crippen molar-refractivity contribution < 1.29 is 17.0 Å². The summed E-state index contributed by atoms with van der Waals surface area (Å²) in [5, 5.41) is 0.533. The summed E-state index contributed by atoms with van der Waals surface area (Å²) in [7, 11) is -3.90. The topological polar surface area (TPSA) is 94.2 Å². The van der Waals surface area contributed by atoms with Crippen LogP contribution < -0.4 is 5.73 Å². The van der Waals surface area contributed by atoms with E-state index < -0.39 is 10.4 Å². The summed E-state index contributed by atoms with van der Waals surface area (Å²) in [5.74, 6) is -0.164. The molecule has 2 rings (SSSR count). The van der Waals surface area contributed by atoms with Crippen LogP contribution in [0.5, 0.6) is 0 Å². The van der Waals surface area contributed by atoms with Gasteiger partial charge < -0.3 is 5.73 Å². The van der Waals surface area contributed by atoms with Gasteiger partial charge in [0.2, 0.25) is 5.96 Å². The second-order valence-electron chi connectivity index (χ2n) is 3.33. The molecule has 0 aliphatic carbocycles. The van der Waals surface area contributed by atoms with Crippen LogP contribution in [0.1, 0.15) is 5.56 Å². The van der Waals surface area contributed by atoms with Crippen molar-refractivity contribution in [2.75, 3.05) is 6.54 Å². The Hall–Kier alpha value is -1.90. The predicted molar refractivity (Wildman–Crippen MR) is 64.9 cm³/mol. The zero-order chi connectivity index (χ0) is 13.0. The van der Waals surface area contributed by atoms with Crippen LogP contribution >= 0.6 is 0 Å². The van der Waals surface area contributed by atoms with E-state index in [9.17, 15) is 8.42 Å². The fraction of sp³-hybridized carbons (Fsp3) is 0.100. The lowest BCUT2D eigenvalue weighted by Crippen LogP contribution is -2.49. The van der Waals surface area contributed by atoms with E-state index in [-0.39, 0.29) is 12.5 Å². The zero-order valence-corrected chi connectivity index (χ0v) is 10.1. The summed E-state index contributed by atoms with van der Waals surface area (Å²) in [6.07, 6.45) is 3.64. The lowest BCUT2D eigenvalue weighted by Gasteiger charge is -2.25. The normalized spacial score (nSPS) is 18.9. The van der Waals surface area contributed by atoms with Gasteiger partial charge in [0, 0.05) is 0 Å². The van der Waals surface area contributed by atoms with Gasteiger partial charge in [-0.1, -0.05) is 56.3 Å². The number of rotatable bonds is 3. The largest absolute Gasteiger partial charge is 0.446 e. The molecule has 1 saturated heterocycles. The molecule has 0 spiro atoms. The molecule has 1 aliphatic rings. The number of nitrogens with zero attached hydrogens (tertiary/aromatic N) is 2. The van der Waals surface area contributed by atoms with E-state index in [1.54, 1.807) is 6.08 Å². The molecule has 1 aromatic carbocycles. The van der Waals surface area contributed by atoms with Crippen LogP contribution in [-0.2, 0) is 19.0 Å². The van der Waals surface area contributed by atoms with Crippen LogP contribution in [0.3, 0.4) is 0 Å². The van der Waals surface area contributed by atoms with Crippen molar-refractivity contribution in [3.63, 3.8) is 0 Å². The van der Waals surface area contributed by atoms with Gasteiger partial charge in [-0.25, -0.2) is 4.99 Å². The van der Waals surface area contributed by atoms with Crippen molar-refractivity contribution in [3.05, 3.63) is 42.0 Å². The summed E-state index contributed by atoms with van der Waals surface area (Å²) in [6, 6.07) is 9.65. The maximum Gasteiger partial charge on any atom is 0.446 e. The molecule has 2 N–H and O–H groups in total. The summed E-state index contributed by atoms with van der Waals surface area (Å²) in [5.41, 5.74) is 6.44. The molecule has 96 valence electrons. The van der Waals surface area contributed by atoms with Crippen LogP contribution in [0.15, 0.2) is 41.4 Å². The second-order valence-corrected chi connectivity index (χ2v) is 4.44. The molecule has 0 bridgehead atoms. The first-order chi connectivity index (χ1) is 8.57. The number of hydrogen-bond acceptors (Lipinski definition) is 5. The molecule has 0 aromatic heterocycles. The molecule has 0 radical (unpaired) electrons. The molecule has 1 aromatic rings. The van der Waals surface area contributed by atoms with E-state index in [0.717, 1.165) is 5.56 Å². The Labute approximate surface area is 104 Å². The first-order valence-electron chi connectivity index (χ1n) is 5.02. The van der Waals surface area contributed by atoms with E-state index >= 15 is 0 Å². The Balaban J connectivity index is 1.83.